The summed E-state index contributed by atoms with van der Waals surface area (Å²) in [7, 11) is 0. The number of rotatable bonds is 4. The van der Waals surface area contributed by atoms with E-state index in [0.29, 0.717) is 11.6 Å². The molecule has 17 heavy (non-hydrogen) atoms. The quantitative estimate of drug-likeness (QED) is 0.849. The Hall–Kier alpha value is -2.04. The van der Waals surface area contributed by atoms with Gasteiger partial charge in [0.1, 0.15) is 5.52 Å². The van der Waals surface area contributed by atoms with Crippen molar-refractivity contribution < 1.29 is 14.3 Å². The van der Waals surface area contributed by atoms with Crippen LogP contribution in [0.15, 0.2) is 28.7 Å². The first-order valence-electron chi connectivity index (χ1n) is 5.43. The van der Waals surface area contributed by atoms with E-state index in [0.717, 1.165) is 5.52 Å². The molecule has 0 saturated carbocycles. The molecule has 2 atom stereocenters. The molecule has 1 aromatic carbocycles. The van der Waals surface area contributed by atoms with Crippen LogP contribution in [0.4, 0.5) is 6.01 Å². The molecular weight excluding hydrogens is 220 g/mol. The SMILES string of the molecule is CC(Nc1nc2ccccc2o1)C(C)C(=O)O. The second kappa shape index (κ2) is 4.45. The Balaban J connectivity index is 2.15. The summed E-state index contributed by atoms with van der Waals surface area (Å²) in [5.74, 6) is -1.36. The van der Waals surface area contributed by atoms with E-state index in [1.807, 2.05) is 24.3 Å². The second-order valence-corrected chi connectivity index (χ2v) is 4.05. The molecule has 2 rings (SSSR count). The number of carboxylic acid groups (broad SMARTS) is 1. The van der Waals surface area contributed by atoms with Gasteiger partial charge < -0.3 is 14.8 Å². The molecule has 0 spiro atoms. The minimum atomic E-state index is -0.846. The molecule has 0 amide bonds. The molecule has 0 radical (unpaired) electrons. The molecule has 5 heteroatoms. The molecule has 0 aliphatic rings. The van der Waals surface area contributed by atoms with E-state index in [4.69, 9.17) is 9.52 Å². The molecular formula is C12H14N2O3. The zero-order valence-corrected chi connectivity index (χ0v) is 9.68. The van der Waals surface area contributed by atoms with E-state index in [-0.39, 0.29) is 6.04 Å². The summed E-state index contributed by atoms with van der Waals surface area (Å²) in [6.45, 7) is 3.43. The van der Waals surface area contributed by atoms with E-state index in [2.05, 4.69) is 10.3 Å². The molecule has 5 nitrogen and oxygen atoms in total. The van der Waals surface area contributed by atoms with Crippen LogP contribution in [-0.2, 0) is 4.79 Å². The first-order valence-corrected chi connectivity index (χ1v) is 5.43. The Morgan fingerprint density at radius 2 is 2.12 bits per heavy atom. The van der Waals surface area contributed by atoms with Gasteiger partial charge in [-0.2, -0.15) is 4.98 Å². The molecule has 0 aliphatic heterocycles. The van der Waals surface area contributed by atoms with Crippen LogP contribution in [0.3, 0.4) is 0 Å². The maximum absolute atomic E-state index is 10.8. The third-order valence-corrected chi connectivity index (χ3v) is 2.78. The first kappa shape index (κ1) is 11.4. The van der Waals surface area contributed by atoms with Crippen LogP contribution in [0.1, 0.15) is 13.8 Å². The number of nitrogens with zero attached hydrogens (tertiary/aromatic N) is 1. The van der Waals surface area contributed by atoms with E-state index < -0.39 is 11.9 Å². The molecule has 0 aliphatic carbocycles. The number of fused-ring (bicyclic) bond motifs is 1. The van der Waals surface area contributed by atoms with Gasteiger partial charge in [0.25, 0.3) is 6.01 Å². The highest BCUT2D eigenvalue weighted by Crippen LogP contribution is 2.19. The summed E-state index contributed by atoms with van der Waals surface area (Å²) in [5.41, 5.74) is 1.44. The normalized spacial score (nSPS) is 14.5. The standard InChI is InChI=1S/C12H14N2O3/c1-7(11(15)16)8(2)13-12-14-9-5-3-4-6-10(9)17-12/h3-8H,1-2H3,(H,13,14)(H,15,16). The lowest BCUT2D eigenvalue weighted by Gasteiger charge is -2.15. The van der Waals surface area contributed by atoms with Crippen molar-refractivity contribution >= 4 is 23.1 Å². The van der Waals surface area contributed by atoms with Gasteiger partial charge in [-0.05, 0) is 26.0 Å². The monoisotopic (exact) mass is 234 g/mol. The predicted molar refractivity (Wildman–Crippen MR) is 63.9 cm³/mol. The van der Waals surface area contributed by atoms with Gasteiger partial charge in [-0.1, -0.05) is 12.1 Å². The molecule has 2 N–H and O–H groups in total. The second-order valence-electron chi connectivity index (χ2n) is 4.05. The van der Waals surface area contributed by atoms with Crippen molar-refractivity contribution in [2.24, 2.45) is 5.92 Å². The fourth-order valence-electron chi connectivity index (χ4n) is 1.47. The van der Waals surface area contributed by atoms with Gasteiger partial charge in [0, 0.05) is 6.04 Å². The van der Waals surface area contributed by atoms with Crippen molar-refractivity contribution in [2.45, 2.75) is 19.9 Å². The molecule has 2 aromatic rings. The van der Waals surface area contributed by atoms with Crippen LogP contribution in [-0.4, -0.2) is 22.1 Å². The number of carbonyl (C=O) groups is 1. The maximum atomic E-state index is 10.8. The van der Waals surface area contributed by atoms with Gasteiger partial charge in [0.2, 0.25) is 0 Å². The smallest absolute Gasteiger partial charge is 0.308 e. The number of hydrogen-bond acceptors (Lipinski definition) is 4. The van der Waals surface area contributed by atoms with Gasteiger partial charge >= 0.3 is 5.97 Å². The van der Waals surface area contributed by atoms with Gasteiger partial charge in [-0.15, -0.1) is 0 Å². The maximum Gasteiger partial charge on any atom is 0.308 e. The Morgan fingerprint density at radius 3 is 2.76 bits per heavy atom. The number of carboxylic acids is 1. The highest BCUT2D eigenvalue weighted by atomic mass is 16.4. The predicted octanol–water partition coefficient (Wildman–Crippen LogP) is 2.35. The molecule has 0 saturated heterocycles. The average molecular weight is 234 g/mol. The van der Waals surface area contributed by atoms with Gasteiger partial charge in [-0.25, -0.2) is 0 Å². The number of aliphatic carboxylic acids is 1. The zero-order chi connectivity index (χ0) is 12.4. The summed E-state index contributed by atoms with van der Waals surface area (Å²) in [5, 5.41) is 11.8. The molecule has 0 fully saturated rings. The Bertz CT molecular complexity index is 502. The van der Waals surface area contributed by atoms with Crippen LogP contribution in [0, 0.1) is 5.92 Å². The first-order chi connectivity index (χ1) is 8.08. The zero-order valence-electron chi connectivity index (χ0n) is 9.68. The third kappa shape index (κ3) is 2.38. The highest BCUT2D eigenvalue weighted by molar-refractivity contribution is 5.74. The van der Waals surface area contributed by atoms with E-state index in [9.17, 15) is 4.79 Å². The molecule has 2 unspecified atom stereocenters. The van der Waals surface area contributed by atoms with Crippen LogP contribution in [0.5, 0.6) is 0 Å². The van der Waals surface area contributed by atoms with Crippen LogP contribution in [0.2, 0.25) is 0 Å². The van der Waals surface area contributed by atoms with Crippen molar-refractivity contribution in [1.82, 2.24) is 4.98 Å². The minimum Gasteiger partial charge on any atom is -0.481 e. The molecule has 1 aromatic heterocycles. The van der Waals surface area contributed by atoms with Gasteiger partial charge in [0.05, 0.1) is 5.92 Å². The van der Waals surface area contributed by atoms with Crippen molar-refractivity contribution in [3.63, 3.8) is 0 Å². The fraction of sp³-hybridized carbons (Fsp3) is 0.333. The molecule has 90 valence electrons. The van der Waals surface area contributed by atoms with Crippen molar-refractivity contribution in [3.05, 3.63) is 24.3 Å². The largest absolute Gasteiger partial charge is 0.481 e. The number of nitrogens with one attached hydrogen (secondary N) is 1. The van der Waals surface area contributed by atoms with Gasteiger partial charge in [-0.3, -0.25) is 4.79 Å². The summed E-state index contributed by atoms with van der Waals surface area (Å²) >= 11 is 0. The van der Waals surface area contributed by atoms with Gasteiger partial charge in [0.15, 0.2) is 5.58 Å². The topological polar surface area (TPSA) is 75.4 Å². The van der Waals surface area contributed by atoms with Crippen LogP contribution >= 0.6 is 0 Å². The van der Waals surface area contributed by atoms with Crippen molar-refractivity contribution in [1.29, 1.82) is 0 Å². The Kier molecular flexibility index (Phi) is 2.99. The average Bonchev–Trinajstić information content (AvgIpc) is 2.69. The summed E-state index contributed by atoms with van der Waals surface area (Å²) in [6, 6.07) is 7.50. The number of anilines is 1. The number of hydrogen-bond donors (Lipinski definition) is 2. The number of para-hydroxylation sites is 2. The van der Waals surface area contributed by atoms with Crippen molar-refractivity contribution in [2.75, 3.05) is 5.32 Å². The third-order valence-electron chi connectivity index (χ3n) is 2.78. The van der Waals surface area contributed by atoms with E-state index in [1.165, 1.54) is 0 Å². The lowest BCUT2D eigenvalue weighted by atomic mass is 10.1. The minimum absolute atomic E-state index is 0.249. The van der Waals surface area contributed by atoms with E-state index in [1.54, 1.807) is 13.8 Å². The Morgan fingerprint density at radius 1 is 1.41 bits per heavy atom. The van der Waals surface area contributed by atoms with Crippen LogP contribution in [0.25, 0.3) is 11.1 Å². The highest BCUT2D eigenvalue weighted by Gasteiger charge is 2.20. The fourth-order valence-corrected chi connectivity index (χ4v) is 1.47. The number of aromatic nitrogens is 1. The number of oxazole rings is 1. The Labute approximate surface area is 98.5 Å². The summed E-state index contributed by atoms with van der Waals surface area (Å²) in [6.07, 6.45) is 0. The number of benzene rings is 1. The van der Waals surface area contributed by atoms with Crippen molar-refractivity contribution in [3.8, 4) is 0 Å². The summed E-state index contributed by atoms with van der Waals surface area (Å²) < 4.78 is 5.45. The lowest BCUT2D eigenvalue weighted by Crippen LogP contribution is -2.29. The lowest BCUT2D eigenvalue weighted by molar-refractivity contribution is -0.141. The molecule has 0 bridgehead atoms. The van der Waals surface area contributed by atoms with Crippen LogP contribution < -0.4 is 5.32 Å². The summed E-state index contributed by atoms with van der Waals surface area (Å²) in [4.78, 5) is 15.0. The van der Waals surface area contributed by atoms with E-state index >= 15 is 0 Å². The molecule has 1 heterocycles.